The van der Waals surface area contributed by atoms with Gasteiger partial charge in [0.1, 0.15) is 12.6 Å². The third kappa shape index (κ3) is 8.51. The number of hydrogen-bond acceptors (Lipinski definition) is 4. The van der Waals surface area contributed by atoms with Crippen molar-refractivity contribution >= 4 is 73.9 Å². The minimum absolute atomic E-state index is 0.00309. The third-order valence-corrected chi connectivity index (χ3v) is 10.2. The van der Waals surface area contributed by atoms with Crippen LogP contribution in [0.2, 0.25) is 20.1 Å². The monoisotopic (exact) mass is 705 g/mol. The highest BCUT2D eigenvalue weighted by Crippen LogP contribution is 2.36. The summed E-state index contributed by atoms with van der Waals surface area (Å²) in [7, 11) is -4.34. The van der Waals surface area contributed by atoms with Crippen LogP contribution in [-0.4, -0.2) is 43.8 Å². The molecule has 0 aromatic heterocycles. The van der Waals surface area contributed by atoms with E-state index in [9.17, 15) is 18.0 Å². The number of halogens is 4. The quantitative estimate of drug-likeness (QED) is 0.164. The van der Waals surface area contributed by atoms with Crippen molar-refractivity contribution < 1.29 is 18.0 Å². The molecule has 0 fully saturated rings. The van der Waals surface area contributed by atoms with Gasteiger partial charge in [-0.05, 0) is 55.8 Å². The lowest BCUT2D eigenvalue weighted by Gasteiger charge is -2.34. The van der Waals surface area contributed by atoms with Crippen molar-refractivity contribution in [3.63, 3.8) is 0 Å². The van der Waals surface area contributed by atoms with Crippen molar-refractivity contribution in [1.82, 2.24) is 10.2 Å². The molecule has 0 aliphatic heterocycles. The molecule has 236 valence electrons. The van der Waals surface area contributed by atoms with Gasteiger partial charge in [-0.2, -0.15) is 0 Å². The first-order valence-electron chi connectivity index (χ1n) is 14.0. The highest BCUT2D eigenvalue weighted by atomic mass is 35.5. The molecule has 4 aromatic carbocycles. The number of sulfonamides is 1. The highest BCUT2D eigenvalue weighted by Gasteiger charge is 2.36. The van der Waals surface area contributed by atoms with Gasteiger partial charge in [0.05, 0.1) is 20.6 Å². The Morgan fingerprint density at radius 3 is 1.91 bits per heavy atom. The zero-order valence-corrected chi connectivity index (χ0v) is 28.3. The molecule has 7 nitrogen and oxygen atoms in total. The van der Waals surface area contributed by atoms with Crippen LogP contribution in [0.15, 0.2) is 102 Å². The van der Waals surface area contributed by atoms with Crippen molar-refractivity contribution in [2.24, 2.45) is 0 Å². The smallest absolute Gasteiger partial charge is 0.264 e. The fourth-order valence-electron chi connectivity index (χ4n) is 4.71. The van der Waals surface area contributed by atoms with Crippen LogP contribution in [0.1, 0.15) is 25.0 Å². The molecule has 1 atom stereocenters. The summed E-state index contributed by atoms with van der Waals surface area (Å²) in [6, 6.07) is 25.0. The molecule has 0 bridgehead atoms. The van der Waals surface area contributed by atoms with Gasteiger partial charge in [-0.25, -0.2) is 8.42 Å². The van der Waals surface area contributed by atoms with Gasteiger partial charge in [-0.15, -0.1) is 0 Å². The van der Waals surface area contributed by atoms with Gasteiger partial charge in [0.25, 0.3) is 10.0 Å². The number of amides is 2. The van der Waals surface area contributed by atoms with E-state index in [0.717, 1.165) is 9.87 Å². The summed E-state index contributed by atoms with van der Waals surface area (Å²) in [5.74, 6) is -1.12. The Labute approximate surface area is 283 Å². The van der Waals surface area contributed by atoms with Crippen LogP contribution in [0.3, 0.4) is 0 Å². The van der Waals surface area contributed by atoms with Crippen molar-refractivity contribution in [3.8, 4) is 0 Å². The Morgan fingerprint density at radius 2 is 1.31 bits per heavy atom. The molecular formula is C33H31Cl4N3O4S. The summed E-state index contributed by atoms with van der Waals surface area (Å²) < 4.78 is 29.1. The van der Waals surface area contributed by atoms with Gasteiger partial charge in [0, 0.05) is 34.6 Å². The van der Waals surface area contributed by atoms with Crippen LogP contribution in [0.4, 0.5) is 5.69 Å². The van der Waals surface area contributed by atoms with Gasteiger partial charge in [0.2, 0.25) is 11.8 Å². The number of anilines is 1. The maximum absolute atomic E-state index is 14.5. The van der Waals surface area contributed by atoms with Crippen molar-refractivity contribution in [3.05, 3.63) is 128 Å². The van der Waals surface area contributed by atoms with E-state index in [4.69, 9.17) is 46.4 Å². The maximum Gasteiger partial charge on any atom is 0.264 e. The first-order valence-corrected chi connectivity index (χ1v) is 16.9. The van der Waals surface area contributed by atoms with Crippen molar-refractivity contribution in [2.75, 3.05) is 10.8 Å². The van der Waals surface area contributed by atoms with E-state index in [1.807, 2.05) is 44.2 Å². The largest absolute Gasteiger partial charge is 0.352 e. The van der Waals surface area contributed by atoms with Crippen molar-refractivity contribution in [2.45, 2.75) is 43.8 Å². The second-order valence-electron chi connectivity index (χ2n) is 10.5. The number of nitrogens with zero attached hydrogens (tertiary/aromatic N) is 2. The summed E-state index contributed by atoms with van der Waals surface area (Å²) in [4.78, 5) is 29.6. The molecule has 12 heteroatoms. The van der Waals surface area contributed by atoms with Crippen LogP contribution < -0.4 is 9.62 Å². The van der Waals surface area contributed by atoms with E-state index in [-0.39, 0.29) is 49.7 Å². The maximum atomic E-state index is 14.5. The average Bonchev–Trinajstić information content (AvgIpc) is 3.01. The van der Waals surface area contributed by atoms with Crippen LogP contribution in [-0.2, 0) is 32.6 Å². The lowest BCUT2D eigenvalue weighted by Crippen LogP contribution is -2.54. The summed E-state index contributed by atoms with van der Waals surface area (Å²) >= 11 is 25.9. The summed E-state index contributed by atoms with van der Waals surface area (Å²) in [5.41, 5.74) is 1.20. The Hall–Kier alpha value is -3.27. The predicted molar refractivity (Wildman–Crippen MR) is 182 cm³/mol. The van der Waals surface area contributed by atoms with E-state index in [2.05, 4.69) is 5.32 Å². The van der Waals surface area contributed by atoms with E-state index < -0.39 is 34.4 Å². The molecular weight excluding hydrogens is 676 g/mol. The average molecular weight is 708 g/mol. The Morgan fingerprint density at radius 1 is 0.756 bits per heavy atom. The second kappa shape index (κ2) is 15.3. The first kappa shape index (κ1) is 34.6. The van der Waals surface area contributed by atoms with Crippen LogP contribution in [0, 0.1) is 0 Å². The molecule has 0 saturated heterocycles. The topological polar surface area (TPSA) is 86.8 Å². The van der Waals surface area contributed by atoms with Crippen molar-refractivity contribution in [1.29, 1.82) is 0 Å². The molecule has 45 heavy (non-hydrogen) atoms. The molecule has 2 amide bonds. The van der Waals surface area contributed by atoms with Gasteiger partial charge >= 0.3 is 0 Å². The van der Waals surface area contributed by atoms with E-state index >= 15 is 0 Å². The lowest BCUT2D eigenvalue weighted by atomic mass is 10.0. The van der Waals surface area contributed by atoms with E-state index in [0.29, 0.717) is 5.56 Å². The molecule has 0 heterocycles. The van der Waals surface area contributed by atoms with Crippen LogP contribution in [0.5, 0.6) is 0 Å². The van der Waals surface area contributed by atoms with Gasteiger partial charge in [-0.1, -0.05) is 107 Å². The molecule has 4 rings (SSSR count). The Kier molecular flexibility index (Phi) is 11.8. The van der Waals surface area contributed by atoms with Gasteiger partial charge < -0.3 is 10.2 Å². The molecule has 0 saturated carbocycles. The van der Waals surface area contributed by atoms with E-state index in [1.54, 1.807) is 36.4 Å². The minimum Gasteiger partial charge on any atom is -0.352 e. The van der Waals surface area contributed by atoms with Crippen LogP contribution in [0.25, 0.3) is 0 Å². The number of benzene rings is 4. The standard InChI is InChI=1S/C33H31Cl4N3O4S/c1-22(2)38-33(42)30(19-23-11-5-3-6-12-23)39(20-25-26(34)15-9-16-27(25)35)31(41)21-40(29-18-10-17-28(36)32(29)37)45(43,44)24-13-7-4-8-14-24/h3-18,22,30H,19-21H2,1-2H3,(H,38,42)/t30-/m0/s1. The first-order chi connectivity index (χ1) is 21.4. The number of nitrogens with one attached hydrogen (secondary N) is 1. The highest BCUT2D eigenvalue weighted by molar-refractivity contribution is 7.92. The summed E-state index contributed by atoms with van der Waals surface area (Å²) in [6.07, 6.45) is 0.135. The lowest BCUT2D eigenvalue weighted by molar-refractivity contribution is -0.140. The SMILES string of the molecule is CC(C)NC(=O)[C@H](Cc1ccccc1)N(Cc1c(Cl)cccc1Cl)C(=O)CN(c1cccc(Cl)c1Cl)S(=O)(=O)c1ccccc1. The number of hydrogen-bond donors (Lipinski definition) is 1. The molecule has 0 aliphatic carbocycles. The molecule has 0 aliphatic rings. The zero-order chi connectivity index (χ0) is 32.7. The van der Waals surface area contributed by atoms with Crippen LogP contribution >= 0.6 is 46.4 Å². The van der Waals surface area contributed by atoms with E-state index in [1.165, 1.54) is 35.2 Å². The Bertz CT molecular complexity index is 1740. The Balaban J connectivity index is 1.86. The molecule has 4 aromatic rings. The summed E-state index contributed by atoms with van der Waals surface area (Å²) in [5, 5.41) is 3.53. The predicted octanol–water partition coefficient (Wildman–Crippen LogP) is 7.66. The number of carbonyl (C=O) groups is 2. The second-order valence-corrected chi connectivity index (χ2v) is 14.0. The minimum atomic E-state index is -4.34. The summed E-state index contributed by atoms with van der Waals surface area (Å²) in [6.45, 7) is 2.73. The molecule has 1 N–H and O–H groups in total. The van der Waals surface area contributed by atoms with Gasteiger partial charge in [-0.3, -0.25) is 13.9 Å². The zero-order valence-electron chi connectivity index (χ0n) is 24.5. The molecule has 0 radical (unpaired) electrons. The molecule has 0 unspecified atom stereocenters. The fraction of sp³-hybridized carbons (Fsp3) is 0.212. The fourth-order valence-corrected chi connectivity index (χ4v) is 7.12. The third-order valence-electron chi connectivity index (χ3n) is 6.90. The number of carbonyl (C=O) groups excluding carboxylic acids is 2. The number of rotatable bonds is 12. The molecule has 0 spiro atoms. The van der Waals surface area contributed by atoms with Gasteiger partial charge in [0.15, 0.2) is 0 Å². The normalized spacial score (nSPS) is 12.1.